The zero-order chi connectivity index (χ0) is 18.3. The van der Waals surface area contributed by atoms with Crippen LogP contribution < -0.4 is 5.56 Å². The second kappa shape index (κ2) is 6.79. The number of hydrogen-bond acceptors (Lipinski definition) is 4. The first-order valence-corrected chi connectivity index (χ1v) is 9.16. The summed E-state index contributed by atoms with van der Waals surface area (Å²) in [6, 6.07) is 4.11. The van der Waals surface area contributed by atoms with Gasteiger partial charge in [0.1, 0.15) is 5.82 Å². The first kappa shape index (κ1) is 17.1. The molecule has 1 aromatic carbocycles. The molecular formula is C19H23FN4O2. The highest BCUT2D eigenvalue weighted by Gasteiger charge is 2.35. The summed E-state index contributed by atoms with van der Waals surface area (Å²) in [6.07, 6.45) is 4.35. The average Bonchev–Trinajstić information content (AvgIpc) is 2.97. The highest BCUT2D eigenvalue weighted by atomic mass is 19.1. The van der Waals surface area contributed by atoms with Crippen molar-refractivity contribution in [1.82, 2.24) is 19.4 Å². The van der Waals surface area contributed by atoms with Gasteiger partial charge in [-0.25, -0.2) is 9.37 Å². The maximum atomic E-state index is 13.3. The average molecular weight is 358 g/mol. The van der Waals surface area contributed by atoms with Crippen molar-refractivity contribution < 1.29 is 9.18 Å². The Kier molecular flexibility index (Phi) is 4.48. The van der Waals surface area contributed by atoms with Gasteiger partial charge in [0.15, 0.2) is 0 Å². The predicted octanol–water partition coefficient (Wildman–Crippen LogP) is 1.48. The van der Waals surface area contributed by atoms with Gasteiger partial charge in [-0.3, -0.25) is 19.1 Å². The van der Waals surface area contributed by atoms with Crippen molar-refractivity contribution in [1.29, 1.82) is 0 Å². The minimum absolute atomic E-state index is 0.0286. The molecule has 0 radical (unpaired) electrons. The van der Waals surface area contributed by atoms with Gasteiger partial charge in [0.2, 0.25) is 5.91 Å². The zero-order valence-electron chi connectivity index (χ0n) is 14.9. The Morgan fingerprint density at radius 2 is 1.92 bits per heavy atom. The molecule has 0 spiro atoms. The quantitative estimate of drug-likeness (QED) is 0.834. The first-order valence-electron chi connectivity index (χ1n) is 9.16. The summed E-state index contributed by atoms with van der Waals surface area (Å²) in [5, 5.41) is 0.450. The van der Waals surface area contributed by atoms with Crippen molar-refractivity contribution in [2.24, 2.45) is 5.92 Å². The van der Waals surface area contributed by atoms with E-state index in [0.29, 0.717) is 23.4 Å². The van der Waals surface area contributed by atoms with Crippen LogP contribution in [0.3, 0.4) is 0 Å². The van der Waals surface area contributed by atoms with Crippen LogP contribution in [-0.4, -0.2) is 58.0 Å². The Morgan fingerprint density at radius 1 is 1.15 bits per heavy atom. The number of halogens is 1. The molecular weight excluding hydrogens is 335 g/mol. The number of amides is 1. The van der Waals surface area contributed by atoms with E-state index < -0.39 is 0 Å². The molecule has 2 aliphatic rings. The SMILES string of the molecule is CN1CCC(N2CCC(Cn3cnc4cc(F)ccc4c3=O)CC2)C1=O. The normalized spacial score (nSPS) is 22.5. The van der Waals surface area contributed by atoms with Crippen LogP contribution in [0, 0.1) is 11.7 Å². The second-order valence-electron chi connectivity index (χ2n) is 7.41. The number of piperidine rings is 1. The van der Waals surface area contributed by atoms with Gasteiger partial charge in [-0.05, 0) is 50.4 Å². The smallest absolute Gasteiger partial charge is 0.261 e. The molecule has 1 unspecified atom stereocenters. The van der Waals surface area contributed by atoms with Crippen molar-refractivity contribution in [3.8, 4) is 0 Å². The van der Waals surface area contributed by atoms with E-state index in [2.05, 4.69) is 9.88 Å². The number of hydrogen-bond donors (Lipinski definition) is 0. The van der Waals surface area contributed by atoms with Crippen molar-refractivity contribution >= 4 is 16.8 Å². The van der Waals surface area contributed by atoms with Crippen LogP contribution in [0.15, 0.2) is 29.3 Å². The molecule has 1 atom stereocenters. The van der Waals surface area contributed by atoms with Crippen LogP contribution in [-0.2, 0) is 11.3 Å². The van der Waals surface area contributed by atoms with Crippen molar-refractivity contribution in [3.05, 3.63) is 40.7 Å². The number of carbonyl (C=O) groups excluding carboxylic acids is 1. The third-order valence-electron chi connectivity index (χ3n) is 5.73. The molecule has 2 aromatic rings. The molecule has 2 fully saturated rings. The standard InChI is InChI=1S/C19H23FN4O2/c1-22-7-6-17(19(22)26)23-8-4-13(5-9-23)11-24-12-21-16-10-14(20)2-3-15(16)18(24)25/h2-3,10,12-13,17H,4-9,11H2,1H3. The number of rotatable bonds is 3. The lowest BCUT2D eigenvalue weighted by Gasteiger charge is -2.35. The number of likely N-dealkylation sites (N-methyl/N-ethyl adjacent to an activating group) is 1. The minimum atomic E-state index is -0.387. The Bertz CT molecular complexity index is 889. The monoisotopic (exact) mass is 358 g/mol. The van der Waals surface area contributed by atoms with E-state index in [9.17, 15) is 14.0 Å². The summed E-state index contributed by atoms with van der Waals surface area (Å²) in [6.45, 7) is 3.22. The first-order chi connectivity index (χ1) is 12.5. The maximum absolute atomic E-state index is 13.3. The fourth-order valence-corrected chi connectivity index (χ4v) is 4.13. The Labute approximate surface area is 151 Å². The van der Waals surface area contributed by atoms with Crippen LogP contribution in [0.1, 0.15) is 19.3 Å². The van der Waals surface area contributed by atoms with E-state index >= 15 is 0 Å². The van der Waals surface area contributed by atoms with E-state index in [1.54, 1.807) is 9.47 Å². The lowest BCUT2D eigenvalue weighted by molar-refractivity contribution is -0.131. The summed E-state index contributed by atoms with van der Waals surface area (Å²) < 4.78 is 14.9. The van der Waals surface area contributed by atoms with Gasteiger partial charge < -0.3 is 4.90 Å². The molecule has 26 heavy (non-hydrogen) atoms. The Morgan fingerprint density at radius 3 is 2.62 bits per heavy atom. The molecule has 6 nitrogen and oxygen atoms in total. The number of fused-ring (bicyclic) bond motifs is 1. The zero-order valence-corrected chi connectivity index (χ0v) is 14.9. The Hall–Kier alpha value is -2.28. The predicted molar refractivity (Wildman–Crippen MR) is 96.3 cm³/mol. The maximum Gasteiger partial charge on any atom is 0.261 e. The lowest BCUT2D eigenvalue weighted by atomic mass is 9.95. The summed E-state index contributed by atoms with van der Waals surface area (Å²) in [5.74, 6) is 0.227. The third kappa shape index (κ3) is 3.11. The summed E-state index contributed by atoms with van der Waals surface area (Å²) >= 11 is 0. The van der Waals surface area contributed by atoms with Gasteiger partial charge >= 0.3 is 0 Å². The van der Waals surface area contributed by atoms with E-state index in [4.69, 9.17) is 0 Å². The Balaban J connectivity index is 1.42. The number of aromatic nitrogens is 2. The number of benzene rings is 1. The fraction of sp³-hybridized carbons (Fsp3) is 0.526. The molecule has 1 amide bonds. The van der Waals surface area contributed by atoms with E-state index in [0.717, 1.165) is 38.9 Å². The molecule has 0 N–H and O–H groups in total. The molecule has 7 heteroatoms. The summed E-state index contributed by atoms with van der Waals surface area (Å²) in [5.41, 5.74) is 0.273. The van der Waals surface area contributed by atoms with Gasteiger partial charge in [-0.2, -0.15) is 0 Å². The van der Waals surface area contributed by atoms with Crippen LogP contribution in [0.2, 0.25) is 0 Å². The molecule has 1 aromatic heterocycles. The molecule has 0 aliphatic carbocycles. The number of likely N-dealkylation sites (tertiary alicyclic amines) is 2. The molecule has 3 heterocycles. The molecule has 0 saturated carbocycles. The molecule has 2 aliphatic heterocycles. The van der Waals surface area contributed by atoms with Gasteiger partial charge in [0.05, 0.1) is 23.3 Å². The summed E-state index contributed by atoms with van der Waals surface area (Å²) in [4.78, 5) is 33.1. The van der Waals surface area contributed by atoms with Crippen molar-refractivity contribution in [3.63, 3.8) is 0 Å². The van der Waals surface area contributed by atoms with Crippen molar-refractivity contribution in [2.75, 3.05) is 26.7 Å². The minimum Gasteiger partial charge on any atom is -0.344 e. The van der Waals surface area contributed by atoms with Gasteiger partial charge in [0, 0.05) is 26.2 Å². The van der Waals surface area contributed by atoms with E-state index in [-0.39, 0.29) is 23.3 Å². The van der Waals surface area contributed by atoms with Crippen LogP contribution in [0.4, 0.5) is 4.39 Å². The van der Waals surface area contributed by atoms with Crippen molar-refractivity contribution in [2.45, 2.75) is 31.8 Å². The molecule has 138 valence electrons. The number of carbonyl (C=O) groups is 1. The highest BCUT2D eigenvalue weighted by molar-refractivity contribution is 5.83. The summed E-state index contributed by atoms with van der Waals surface area (Å²) in [7, 11) is 1.86. The highest BCUT2D eigenvalue weighted by Crippen LogP contribution is 2.24. The fourth-order valence-electron chi connectivity index (χ4n) is 4.13. The van der Waals surface area contributed by atoms with Gasteiger partial charge in [0.25, 0.3) is 5.56 Å². The second-order valence-corrected chi connectivity index (χ2v) is 7.41. The number of nitrogens with zero attached hydrogens (tertiary/aromatic N) is 4. The van der Waals surface area contributed by atoms with Gasteiger partial charge in [-0.15, -0.1) is 0 Å². The molecule has 0 bridgehead atoms. The largest absolute Gasteiger partial charge is 0.344 e. The van der Waals surface area contributed by atoms with Crippen LogP contribution in [0.5, 0.6) is 0 Å². The van der Waals surface area contributed by atoms with Crippen LogP contribution in [0.25, 0.3) is 10.9 Å². The third-order valence-corrected chi connectivity index (χ3v) is 5.73. The molecule has 4 rings (SSSR count). The molecule has 2 saturated heterocycles. The van der Waals surface area contributed by atoms with Crippen LogP contribution >= 0.6 is 0 Å². The van der Waals surface area contributed by atoms with E-state index in [1.165, 1.54) is 24.5 Å². The van der Waals surface area contributed by atoms with E-state index in [1.807, 2.05) is 7.05 Å². The lowest BCUT2D eigenvalue weighted by Crippen LogP contribution is -2.46. The topological polar surface area (TPSA) is 58.4 Å². The van der Waals surface area contributed by atoms with Gasteiger partial charge in [-0.1, -0.05) is 0 Å².